The minimum absolute atomic E-state index is 0.00242. The summed E-state index contributed by atoms with van der Waals surface area (Å²) in [6.07, 6.45) is 6.63. The molecule has 1 unspecified atom stereocenters. The first-order chi connectivity index (χ1) is 11.6. The lowest BCUT2D eigenvalue weighted by Gasteiger charge is -2.33. The van der Waals surface area contributed by atoms with Gasteiger partial charge in [0.2, 0.25) is 5.91 Å². The molecule has 1 aliphatic carbocycles. The Kier molecular flexibility index (Phi) is 3.55. The minimum Gasteiger partial charge on any atom is -0.341 e. The van der Waals surface area contributed by atoms with Crippen molar-refractivity contribution in [2.45, 2.75) is 38.6 Å². The molecule has 2 aliphatic rings. The lowest BCUT2D eigenvalue weighted by molar-refractivity contribution is -0.134. The highest BCUT2D eigenvalue weighted by Crippen LogP contribution is 2.53. The summed E-state index contributed by atoms with van der Waals surface area (Å²) < 4.78 is 1.65. The fraction of sp³-hybridized carbons (Fsp3) is 0.500. The maximum atomic E-state index is 12.6. The zero-order chi connectivity index (χ0) is 16.7. The number of rotatable bonds is 3. The number of amides is 2. The third-order valence-corrected chi connectivity index (χ3v) is 5.41. The van der Waals surface area contributed by atoms with Crippen LogP contribution in [0.5, 0.6) is 0 Å². The molecule has 0 radical (unpaired) electrons. The molecule has 1 aliphatic heterocycles. The summed E-state index contributed by atoms with van der Waals surface area (Å²) in [5, 5.41) is 7.03. The fourth-order valence-electron chi connectivity index (χ4n) is 3.53. The topological polar surface area (TPSA) is 66.7 Å². The Labute approximate surface area is 140 Å². The standard InChI is InChI=1S/C18H22N4O2/c1-13(17(24)21-10-7-18(5-6-18)8-11-21)19-16(23)15-12-14-4-2-3-9-22(14)20-15/h2-4,9,12-13H,5-8,10-11H2,1H3,(H,19,23). The van der Waals surface area contributed by atoms with Gasteiger partial charge in [0, 0.05) is 19.3 Å². The second kappa shape index (κ2) is 5.61. The highest BCUT2D eigenvalue weighted by atomic mass is 16.2. The zero-order valence-corrected chi connectivity index (χ0v) is 13.9. The third-order valence-electron chi connectivity index (χ3n) is 5.41. The van der Waals surface area contributed by atoms with E-state index in [0.29, 0.717) is 11.1 Å². The van der Waals surface area contributed by atoms with Crippen molar-refractivity contribution in [2.75, 3.05) is 13.1 Å². The predicted molar refractivity (Wildman–Crippen MR) is 89.6 cm³/mol. The van der Waals surface area contributed by atoms with Crippen LogP contribution in [0.15, 0.2) is 30.5 Å². The largest absolute Gasteiger partial charge is 0.341 e. The van der Waals surface area contributed by atoms with Crippen molar-refractivity contribution in [1.82, 2.24) is 19.8 Å². The van der Waals surface area contributed by atoms with Gasteiger partial charge in [-0.1, -0.05) is 6.07 Å². The first-order valence-electron chi connectivity index (χ1n) is 8.60. The molecule has 4 rings (SSSR count). The van der Waals surface area contributed by atoms with Gasteiger partial charge < -0.3 is 10.2 Å². The Morgan fingerprint density at radius 1 is 1.21 bits per heavy atom. The molecule has 1 spiro atoms. The van der Waals surface area contributed by atoms with E-state index in [1.807, 2.05) is 23.1 Å². The number of carbonyl (C=O) groups is 2. The molecule has 6 nitrogen and oxygen atoms in total. The molecular formula is C18H22N4O2. The van der Waals surface area contributed by atoms with E-state index in [9.17, 15) is 9.59 Å². The highest BCUT2D eigenvalue weighted by Gasteiger charge is 2.45. The molecule has 2 fully saturated rings. The molecular weight excluding hydrogens is 304 g/mol. The summed E-state index contributed by atoms with van der Waals surface area (Å²) in [5.41, 5.74) is 1.73. The van der Waals surface area contributed by atoms with E-state index in [1.54, 1.807) is 23.7 Å². The highest BCUT2D eigenvalue weighted by molar-refractivity contribution is 5.96. The second-order valence-electron chi connectivity index (χ2n) is 7.12. The van der Waals surface area contributed by atoms with E-state index < -0.39 is 6.04 Å². The Morgan fingerprint density at radius 2 is 1.96 bits per heavy atom. The monoisotopic (exact) mass is 326 g/mol. The Balaban J connectivity index is 1.38. The lowest BCUT2D eigenvalue weighted by atomic mass is 9.93. The van der Waals surface area contributed by atoms with E-state index in [4.69, 9.17) is 0 Å². The molecule has 24 heavy (non-hydrogen) atoms. The van der Waals surface area contributed by atoms with Crippen molar-refractivity contribution < 1.29 is 9.59 Å². The molecule has 3 heterocycles. The number of likely N-dealkylation sites (tertiary alicyclic amines) is 1. The molecule has 0 aromatic carbocycles. The summed E-state index contributed by atoms with van der Waals surface area (Å²) in [7, 11) is 0. The number of pyridine rings is 1. The number of carbonyl (C=O) groups excluding carboxylic acids is 2. The van der Waals surface area contributed by atoms with Gasteiger partial charge >= 0.3 is 0 Å². The first-order valence-corrected chi connectivity index (χ1v) is 8.60. The van der Waals surface area contributed by atoms with Gasteiger partial charge in [-0.3, -0.25) is 9.59 Å². The molecule has 1 saturated carbocycles. The molecule has 6 heteroatoms. The van der Waals surface area contributed by atoms with E-state index in [1.165, 1.54) is 12.8 Å². The fourth-order valence-corrected chi connectivity index (χ4v) is 3.53. The smallest absolute Gasteiger partial charge is 0.272 e. The SMILES string of the molecule is CC(NC(=O)c1cc2ccccn2n1)C(=O)N1CCC2(CC1)CC2. The van der Waals surface area contributed by atoms with Gasteiger partial charge in [-0.05, 0) is 56.2 Å². The molecule has 126 valence electrons. The summed E-state index contributed by atoms with van der Waals surface area (Å²) >= 11 is 0. The van der Waals surface area contributed by atoms with Crippen LogP contribution in [0.2, 0.25) is 0 Å². The average molecular weight is 326 g/mol. The van der Waals surface area contributed by atoms with Crippen LogP contribution in [-0.4, -0.2) is 45.5 Å². The summed E-state index contributed by atoms with van der Waals surface area (Å²) in [4.78, 5) is 26.8. The van der Waals surface area contributed by atoms with E-state index >= 15 is 0 Å². The molecule has 2 aromatic rings. The average Bonchev–Trinajstić information content (AvgIpc) is 3.20. The van der Waals surface area contributed by atoms with Crippen molar-refractivity contribution in [1.29, 1.82) is 0 Å². The summed E-state index contributed by atoms with van der Waals surface area (Å²) in [6.45, 7) is 3.37. The maximum absolute atomic E-state index is 12.6. The van der Waals surface area contributed by atoms with Crippen LogP contribution in [0.3, 0.4) is 0 Å². The normalized spacial score (nSPS) is 20.1. The zero-order valence-electron chi connectivity index (χ0n) is 13.9. The van der Waals surface area contributed by atoms with E-state index in [2.05, 4.69) is 10.4 Å². The number of hydrogen-bond donors (Lipinski definition) is 1. The number of piperidine rings is 1. The van der Waals surface area contributed by atoms with E-state index in [0.717, 1.165) is 31.4 Å². The third kappa shape index (κ3) is 2.77. The molecule has 1 atom stereocenters. The van der Waals surface area contributed by atoms with Crippen molar-refractivity contribution >= 4 is 17.3 Å². The Morgan fingerprint density at radius 3 is 2.62 bits per heavy atom. The van der Waals surface area contributed by atoms with Crippen molar-refractivity contribution in [3.63, 3.8) is 0 Å². The molecule has 0 bridgehead atoms. The van der Waals surface area contributed by atoms with Crippen LogP contribution >= 0.6 is 0 Å². The van der Waals surface area contributed by atoms with Crippen molar-refractivity contribution in [3.05, 3.63) is 36.2 Å². The quantitative estimate of drug-likeness (QED) is 0.936. The van der Waals surface area contributed by atoms with Gasteiger partial charge in [0.1, 0.15) is 6.04 Å². The second-order valence-corrected chi connectivity index (χ2v) is 7.12. The Bertz CT molecular complexity index is 750. The number of nitrogens with zero attached hydrogens (tertiary/aromatic N) is 3. The van der Waals surface area contributed by atoms with Crippen LogP contribution < -0.4 is 5.32 Å². The number of fused-ring (bicyclic) bond motifs is 1. The number of hydrogen-bond acceptors (Lipinski definition) is 3. The van der Waals surface area contributed by atoms with Crippen LogP contribution in [0, 0.1) is 5.41 Å². The van der Waals surface area contributed by atoms with Crippen molar-refractivity contribution in [2.24, 2.45) is 5.41 Å². The van der Waals surface area contributed by atoms with Gasteiger partial charge in [-0.25, -0.2) is 4.52 Å². The van der Waals surface area contributed by atoms with Crippen LogP contribution in [0.4, 0.5) is 0 Å². The van der Waals surface area contributed by atoms with Crippen LogP contribution in [0.25, 0.3) is 5.52 Å². The summed E-state index contributed by atoms with van der Waals surface area (Å²) in [5.74, 6) is -0.308. The van der Waals surface area contributed by atoms with Gasteiger partial charge in [0.05, 0.1) is 5.52 Å². The van der Waals surface area contributed by atoms with Gasteiger partial charge in [0.25, 0.3) is 5.91 Å². The lowest BCUT2D eigenvalue weighted by Crippen LogP contribution is -2.49. The van der Waals surface area contributed by atoms with E-state index in [-0.39, 0.29) is 11.8 Å². The number of nitrogens with one attached hydrogen (secondary N) is 1. The Hall–Kier alpha value is -2.37. The minimum atomic E-state index is -0.532. The molecule has 2 amide bonds. The maximum Gasteiger partial charge on any atom is 0.272 e. The molecule has 1 N–H and O–H groups in total. The van der Waals surface area contributed by atoms with Gasteiger partial charge in [-0.2, -0.15) is 5.10 Å². The predicted octanol–water partition coefficient (Wildman–Crippen LogP) is 1.86. The first kappa shape index (κ1) is 15.2. The van der Waals surface area contributed by atoms with Crippen molar-refractivity contribution in [3.8, 4) is 0 Å². The van der Waals surface area contributed by atoms with Crippen LogP contribution in [-0.2, 0) is 4.79 Å². The van der Waals surface area contributed by atoms with Crippen LogP contribution in [0.1, 0.15) is 43.1 Å². The summed E-state index contributed by atoms with van der Waals surface area (Å²) in [6, 6.07) is 6.84. The number of aromatic nitrogens is 2. The molecule has 2 aromatic heterocycles. The van der Waals surface area contributed by atoms with Gasteiger partial charge in [0.15, 0.2) is 5.69 Å². The molecule has 1 saturated heterocycles. The van der Waals surface area contributed by atoms with Gasteiger partial charge in [-0.15, -0.1) is 0 Å².